The van der Waals surface area contributed by atoms with E-state index in [2.05, 4.69) is 5.32 Å². The van der Waals surface area contributed by atoms with E-state index >= 15 is 0 Å². The first kappa shape index (κ1) is 17.2. The number of nitrogens with one attached hydrogen (secondary N) is 1. The first-order valence-corrected chi connectivity index (χ1v) is 9.22. The Kier molecular flexibility index (Phi) is 6.23. The van der Waals surface area contributed by atoms with Crippen LogP contribution in [0.3, 0.4) is 0 Å². The number of hydrogen-bond donors (Lipinski definition) is 1. The first-order chi connectivity index (χ1) is 12.3. The number of ether oxygens (including phenoxy) is 1. The van der Waals surface area contributed by atoms with Crippen molar-refractivity contribution < 1.29 is 9.53 Å². The van der Waals surface area contributed by atoms with E-state index in [-0.39, 0.29) is 5.91 Å². The van der Waals surface area contributed by atoms with Crippen molar-refractivity contribution in [3.63, 3.8) is 0 Å². The fourth-order valence-electron chi connectivity index (χ4n) is 2.47. The van der Waals surface area contributed by atoms with Gasteiger partial charge >= 0.3 is 0 Å². The molecule has 1 amide bonds. The van der Waals surface area contributed by atoms with E-state index in [9.17, 15) is 4.79 Å². The Hall–Kier alpha value is -2.59. The summed E-state index contributed by atoms with van der Waals surface area (Å²) in [6, 6.07) is 22.1. The Balaban J connectivity index is 1.39. The maximum Gasteiger partial charge on any atom is 0.225 e. The predicted molar refractivity (Wildman–Crippen MR) is 102 cm³/mol. The van der Waals surface area contributed by atoms with Crippen molar-refractivity contribution in [2.75, 3.05) is 6.54 Å². The van der Waals surface area contributed by atoms with Gasteiger partial charge in [0.25, 0.3) is 0 Å². The van der Waals surface area contributed by atoms with E-state index in [0.717, 1.165) is 22.6 Å². The minimum atomic E-state index is 0.0743. The molecule has 0 bridgehead atoms. The monoisotopic (exact) mass is 351 g/mol. The third kappa shape index (κ3) is 5.76. The van der Waals surface area contributed by atoms with Gasteiger partial charge in [-0.15, -0.1) is 11.3 Å². The second-order valence-corrected chi connectivity index (χ2v) is 6.81. The number of hydrogen-bond acceptors (Lipinski definition) is 3. The van der Waals surface area contributed by atoms with Crippen LogP contribution in [-0.2, 0) is 24.2 Å². The molecule has 0 saturated heterocycles. The summed E-state index contributed by atoms with van der Waals surface area (Å²) in [4.78, 5) is 12.9. The van der Waals surface area contributed by atoms with Crippen LogP contribution in [0.15, 0.2) is 72.1 Å². The molecule has 128 valence electrons. The molecule has 1 heterocycles. The van der Waals surface area contributed by atoms with Gasteiger partial charge in [-0.3, -0.25) is 4.79 Å². The topological polar surface area (TPSA) is 38.3 Å². The van der Waals surface area contributed by atoms with Gasteiger partial charge in [-0.05, 0) is 41.1 Å². The molecule has 25 heavy (non-hydrogen) atoms. The van der Waals surface area contributed by atoms with E-state index in [0.29, 0.717) is 19.6 Å². The Morgan fingerprint density at radius 1 is 0.920 bits per heavy atom. The minimum Gasteiger partial charge on any atom is -0.489 e. The number of amides is 1. The maximum atomic E-state index is 11.9. The molecular weight excluding hydrogens is 330 g/mol. The van der Waals surface area contributed by atoms with Crippen molar-refractivity contribution in [3.05, 3.63) is 88.1 Å². The molecule has 0 radical (unpaired) electrons. The van der Waals surface area contributed by atoms with Crippen LogP contribution in [0.1, 0.15) is 16.0 Å². The normalized spacial score (nSPS) is 10.4. The summed E-state index contributed by atoms with van der Waals surface area (Å²) in [7, 11) is 0. The molecule has 4 heteroatoms. The molecule has 0 aliphatic carbocycles. The van der Waals surface area contributed by atoms with Crippen molar-refractivity contribution in [1.82, 2.24) is 5.32 Å². The number of thiophene rings is 1. The van der Waals surface area contributed by atoms with E-state index in [4.69, 9.17) is 4.74 Å². The maximum absolute atomic E-state index is 11.9. The van der Waals surface area contributed by atoms with E-state index in [1.807, 2.05) is 72.1 Å². The summed E-state index contributed by atoms with van der Waals surface area (Å²) < 4.78 is 5.78. The Morgan fingerprint density at radius 2 is 1.72 bits per heavy atom. The summed E-state index contributed by atoms with van der Waals surface area (Å²) in [5.74, 6) is 0.930. The van der Waals surface area contributed by atoms with Crippen molar-refractivity contribution in [1.29, 1.82) is 0 Å². The fourth-order valence-corrected chi connectivity index (χ4v) is 3.18. The lowest BCUT2D eigenvalue weighted by molar-refractivity contribution is -0.120. The highest BCUT2D eigenvalue weighted by atomic mass is 32.1. The van der Waals surface area contributed by atoms with Gasteiger partial charge in [0.15, 0.2) is 0 Å². The summed E-state index contributed by atoms with van der Waals surface area (Å²) in [5.41, 5.74) is 2.34. The summed E-state index contributed by atoms with van der Waals surface area (Å²) in [6.07, 6.45) is 1.28. The van der Waals surface area contributed by atoms with Crippen molar-refractivity contribution in [2.45, 2.75) is 19.4 Å². The van der Waals surface area contributed by atoms with Gasteiger partial charge in [-0.2, -0.15) is 0 Å². The molecule has 0 saturated carbocycles. The van der Waals surface area contributed by atoms with Crippen LogP contribution in [0.4, 0.5) is 0 Å². The number of benzene rings is 2. The lowest BCUT2D eigenvalue weighted by Gasteiger charge is -2.08. The van der Waals surface area contributed by atoms with Crippen LogP contribution >= 0.6 is 11.3 Å². The lowest BCUT2D eigenvalue weighted by Crippen LogP contribution is -2.26. The van der Waals surface area contributed by atoms with Crippen molar-refractivity contribution >= 4 is 17.2 Å². The van der Waals surface area contributed by atoms with Crippen LogP contribution < -0.4 is 10.1 Å². The van der Waals surface area contributed by atoms with Gasteiger partial charge in [0.1, 0.15) is 12.4 Å². The largest absolute Gasteiger partial charge is 0.489 e. The molecule has 0 aliphatic rings. The molecule has 0 atom stereocenters. The van der Waals surface area contributed by atoms with Gasteiger partial charge < -0.3 is 10.1 Å². The van der Waals surface area contributed by atoms with Crippen LogP contribution in [0, 0.1) is 0 Å². The molecule has 1 N–H and O–H groups in total. The second kappa shape index (κ2) is 9.04. The van der Waals surface area contributed by atoms with Gasteiger partial charge in [0, 0.05) is 11.4 Å². The highest BCUT2D eigenvalue weighted by Gasteiger charge is 2.04. The molecule has 3 rings (SSSR count). The Morgan fingerprint density at radius 3 is 2.44 bits per heavy atom. The number of carbonyl (C=O) groups excluding carboxylic acids is 1. The minimum absolute atomic E-state index is 0.0743. The van der Waals surface area contributed by atoms with Gasteiger partial charge in [-0.1, -0.05) is 48.5 Å². The molecular formula is C21H21NO2S. The quantitative estimate of drug-likeness (QED) is 0.659. The van der Waals surface area contributed by atoms with Gasteiger partial charge in [0.05, 0.1) is 6.42 Å². The van der Waals surface area contributed by atoms with Crippen molar-refractivity contribution in [2.24, 2.45) is 0 Å². The van der Waals surface area contributed by atoms with E-state index in [1.165, 1.54) is 5.56 Å². The third-order valence-electron chi connectivity index (χ3n) is 3.82. The zero-order valence-corrected chi connectivity index (χ0v) is 14.8. The molecule has 0 fully saturated rings. The molecule has 1 aromatic heterocycles. The summed E-state index contributed by atoms with van der Waals surface area (Å²) in [5, 5.41) is 4.96. The highest BCUT2D eigenvalue weighted by Crippen LogP contribution is 2.14. The fraction of sp³-hybridized carbons (Fsp3) is 0.190. The first-order valence-electron chi connectivity index (χ1n) is 8.34. The highest BCUT2D eigenvalue weighted by molar-refractivity contribution is 7.10. The SMILES string of the molecule is O=C(Cc1cccs1)NCCc1ccc(OCc2ccccc2)cc1. The van der Waals surface area contributed by atoms with Crippen molar-refractivity contribution in [3.8, 4) is 5.75 Å². The summed E-state index contributed by atoms with van der Waals surface area (Å²) >= 11 is 1.61. The second-order valence-electron chi connectivity index (χ2n) is 5.77. The van der Waals surface area contributed by atoms with Crippen LogP contribution in [0.2, 0.25) is 0 Å². The molecule has 0 unspecified atom stereocenters. The lowest BCUT2D eigenvalue weighted by atomic mass is 10.1. The van der Waals surface area contributed by atoms with Gasteiger partial charge in [-0.25, -0.2) is 0 Å². The Labute approximate surface area is 152 Å². The van der Waals surface area contributed by atoms with Crippen LogP contribution in [0.5, 0.6) is 5.75 Å². The molecule has 3 nitrogen and oxygen atoms in total. The third-order valence-corrected chi connectivity index (χ3v) is 4.70. The number of carbonyl (C=O) groups is 1. The Bertz CT molecular complexity index is 767. The van der Waals surface area contributed by atoms with E-state index < -0.39 is 0 Å². The average Bonchev–Trinajstić information content (AvgIpc) is 3.15. The van der Waals surface area contributed by atoms with Crippen LogP contribution in [-0.4, -0.2) is 12.5 Å². The summed E-state index contributed by atoms with van der Waals surface area (Å²) in [6.45, 7) is 1.22. The standard InChI is InChI=1S/C21H21NO2S/c23-21(15-20-7-4-14-25-20)22-13-12-17-8-10-19(11-9-17)24-16-18-5-2-1-3-6-18/h1-11,14H,12-13,15-16H2,(H,22,23). The predicted octanol–water partition coefficient (Wildman–Crippen LogP) is 4.23. The zero-order valence-electron chi connectivity index (χ0n) is 14.0. The molecule has 0 aliphatic heterocycles. The molecule has 3 aromatic rings. The number of rotatable bonds is 8. The smallest absolute Gasteiger partial charge is 0.225 e. The molecule has 0 spiro atoms. The average molecular weight is 351 g/mol. The van der Waals surface area contributed by atoms with E-state index in [1.54, 1.807) is 11.3 Å². The van der Waals surface area contributed by atoms with Gasteiger partial charge in [0.2, 0.25) is 5.91 Å². The molecule has 2 aromatic carbocycles. The zero-order chi connectivity index (χ0) is 17.3. The van der Waals surface area contributed by atoms with Crippen LogP contribution in [0.25, 0.3) is 0 Å².